The van der Waals surface area contributed by atoms with E-state index in [2.05, 4.69) is 113 Å². The molecule has 0 radical (unpaired) electrons. The normalized spacial score (nSPS) is 20.6. The number of nitrogens with one attached hydrogen (secondary N) is 12. The Balaban J connectivity index is 0.000000119. The van der Waals surface area contributed by atoms with Crippen molar-refractivity contribution < 1.29 is 51.4 Å². The average molecular weight is 2070 g/mol. The summed E-state index contributed by atoms with van der Waals surface area (Å²) in [5, 5.41) is 35.2. The number of aromatic amines is 4. The Kier molecular flexibility index (Phi) is 32.4. The van der Waals surface area contributed by atoms with Crippen molar-refractivity contribution in [1.82, 2.24) is 79.4 Å². The molecule has 12 aromatic rings. The third-order valence-electron chi connectivity index (χ3n) is 32.3. The van der Waals surface area contributed by atoms with Gasteiger partial charge in [0.2, 0.25) is 23.8 Å². The van der Waals surface area contributed by atoms with Crippen LogP contribution in [0.25, 0.3) is 44.1 Å². The van der Waals surface area contributed by atoms with E-state index < -0.39 is 28.6 Å². The molecule has 4 aliphatic carbocycles. The van der Waals surface area contributed by atoms with Crippen molar-refractivity contribution in [2.24, 2.45) is 0 Å². The molecule has 7 aliphatic heterocycles. The maximum atomic E-state index is 14.0. The molecule has 39 heteroatoms. The smallest absolute Gasteiger partial charge is 0.231 e. The zero-order valence-electron chi connectivity index (χ0n) is 86.3. The lowest BCUT2D eigenvalue weighted by atomic mass is 9.95. The first-order chi connectivity index (χ1) is 71.1. The number of anilines is 12. The second-order valence-electron chi connectivity index (χ2n) is 41.6. The first-order valence-electron chi connectivity index (χ1n) is 53.3. The van der Waals surface area contributed by atoms with Crippen LogP contribution in [-0.4, -0.2) is 298 Å². The molecule has 23 rings (SSSR count). The Labute approximate surface area is 856 Å². The number of ether oxygens (including phenoxy) is 7. The van der Waals surface area contributed by atoms with Gasteiger partial charge in [0, 0.05) is 237 Å². The predicted octanol–water partition coefficient (Wildman–Crippen LogP) is 18.5. The van der Waals surface area contributed by atoms with Crippen molar-refractivity contribution in [3.8, 4) is 23.0 Å². The predicted molar refractivity (Wildman–Crippen MR) is 590 cm³/mol. The van der Waals surface area contributed by atoms with Gasteiger partial charge in [-0.2, -0.15) is 39.9 Å². The summed E-state index contributed by atoms with van der Waals surface area (Å²) in [6.07, 6.45) is 38.5. The SMILES string of the molecule is CNc1nc(Nc2ccc(P3(=O)CCN(C4CCOCC4)CC3)cc2OC)nc2[nH]cc(C)c12.COc1cc(P2(=O)CCN(C3CC3)CC2)ccc1Nc1nc(NC2CCCC2)c2c(C)c[nH]c2n1.COc1cc(P2(=O)CCN(C3CCOCC3)CC2)ccc1Nc1nc(NC2CCCC2)c2c(C)c[nH]c2n1.COc1cc(P2(=O)CCN(C3CCOCC3)CC2)ccc1Nc1nc(NC2CCCCC2)c2c(C)c[nH]c2n1. The van der Waals surface area contributed by atoms with Gasteiger partial charge < -0.3 is 114 Å². The van der Waals surface area contributed by atoms with Crippen LogP contribution in [0.15, 0.2) is 97.6 Å². The van der Waals surface area contributed by atoms with Gasteiger partial charge in [-0.05, 0) is 213 Å². The third-order valence-corrected chi connectivity index (χ3v) is 44.5. The standard InChI is InChI=1S/C29H41N6O3P.C28H39N6O3P.C26H35N6O2P.C24H33N6O3P/c1-20-19-30-27-26(20)28(31-21-6-4-3-5-7-21)34-29(33-27)32-24-9-8-23(18-25(24)37-2)39(36)16-12-35(13-17-39)22-10-14-38-15-11-22;1-19-18-29-26-25(19)27(30-20-5-3-4-6-20)33-28(32-26)31-23-8-7-22(17-24(23)36-2)38(35)15-11-34(12-16-38)21-9-13-37-14-10-21;1-17-16-27-24-23(17)25(28-18-5-3-4-6-18)31-26(30-24)29-21-10-9-20(15-22(21)34-2)35(33)13-11-32(12-14-35)19-7-8-19;1-16-15-26-23-21(16)22(25-2)28-24(29-23)27-19-5-4-18(14-20(19)32-3)34(31)12-8-30(9-13-34)17-6-10-33-11-7-17/h8-9,18-19,21-22H,3-7,10-17H2,1-2H3,(H3,30,31,32,33,34);7-8,17-18,20-21H,3-6,9-16H2,1-2H3,(H3,29,30,31,32,33);9-10,15-16,18-19H,3-8,11-14H2,1-2H3,(H3,27,28,29,30,31);4-5,14-15,17H,6-13H2,1-3H3,(H3,25,26,27,28,29). The number of fused-ring (bicyclic) bond motifs is 4. The Morgan fingerprint density at radius 1 is 0.301 bits per heavy atom. The summed E-state index contributed by atoms with van der Waals surface area (Å²) in [6, 6.07) is 27.3. The second kappa shape index (κ2) is 46.0. The van der Waals surface area contributed by atoms with Crippen LogP contribution in [-0.2, 0) is 32.5 Å². The summed E-state index contributed by atoms with van der Waals surface area (Å²) in [7, 11) is -1.40. The van der Waals surface area contributed by atoms with Crippen molar-refractivity contribution in [3.05, 3.63) is 120 Å². The minimum absolute atomic E-state index is 0.433. The van der Waals surface area contributed by atoms with Crippen LogP contribution < -0.4 is 82.7 Å². The summed E-state index contributed by atoms with van der Waals surface area (Å²) in [5.74, 6) is 7.93. The molecule has 782 valence electrons. The van der Waals surface area contributed by atoms with Gasteiger partial charge in [0.05, 0.1) is 72.7 Å². The summed E-state index contributed by atoms with van der Waals surface area (Å²) in [4.78, 5) is 61.2. The summed E-state index contributed by atoms with van der Waals surface area (Å²) < 4.78 is 95.1. The molecular weight excluding hydrogens is 1920 g/mol. The zero-order chi connectivity index (χ0) is 101. The van der Waals surface area contributed by atoms with E-state index in [4.69, 9.17) is 63.1 Å². The Morgan fingerprint density at radius 3 is 0.760 bits per heavy atom. The van der Waals surface area contributed by atoms with Gasteiger partial charge in [-0.1, -0.05) is 44.9 Å². The average Bonchev–Trinajstić information content (AvgIpc) is 1.47. The number of nitrogens with zero attached hydrogens (tertiary/aromatic N) is 12. The number of hydrogen-bond acceptors (Lipinski definition) is 31. The largest absolute Gasteiger partial charge is 0.495 e. The van der Waals surface area contributed by atoms with Crippen molar-refractivity contribution in [3.63, 3.8) is 0 Å². The summed E-state index contributed by atoms with van der Waals surface area (Å²) in [6.45, 7) is 20.4. The van der Waals surface area contributed by atoms with E-state index in [0.717, 1.165) is 283 Å². The highest BCUT2D eigenvalue weighted by Crippen LogP contribution is 2.54. The molecule has 4 saturated carbocycles. The number of aromatic nitrogens is 12. The molecule has 0 bridgehead atoms. The van der Waals surface area contributed by atoms with E-state index in [1.807, 2.05) is 112 Å². The van der Waals surface area contributed by atoms with Gasteiger partial charge in [-0.3, -0.25) is 19.6 Å². The van der Waals surface area contributed by atoms with E-state index in [1.165, 1.54) is 96.3 Å². The maximum absolute atomic E-state index is 14.0. The first kappa shape index (κ1) is 103. The highest BCUT2D eigenvalue weighted by Gasteiger charge is 2.41. The van der Waals surface area contributed by atoms with Gasteiger partial charge >= 0.3 is 0 Å². The Bertz CT molecular complexity index is 6730. The van der Waals surface area contributed by atoms with Crippen LogP contribution in [0.1, 0.15) is 157 Å². The molecule has 146 heavy (non-hydrogen) atoms. The molecule has 8 aromatic heterocycles. The van der Waals surface area contributed by atoms with Crippen molar-refractivity contribution in [2.75, 3.05) is 219 Å². The van der Waals surface area contributed by atoms with Crippen LogP contribution in [0.3, 0.4) is 0 Å². The monoisotopic (exact) mass is 2070 g/mol. The molecule has 11 aliphatic rings. The fourth-order valence-electron chi connectivity index (χ4n) is 23.4. The zero-order valence-corrected chi connectivity index (χ0v) is 89.9. The van der Waals surface area contributed by atoms with E-state index in [-0.39, 0.29) is 0 Å². The van der Waals surface area contributed by atoms with Crippen LogP contribution in [0, 0.1) is 27.7 Å². The lowest BCUT2D eigenvalue weighted by Gasteiger charge is -2.39. The minimum atomic E-state index is -2.48. The van der Waals surface area contributed by atoms with Crippen LogP contribution in [0.4, 0.5) is 69.8 Å². The van der Waals surface area contributed by atoms with E-state index >= 15 is 0 Å². The maximum Gasteiger partial charge on any atom is 0.231 e. The number of H-pyrrole nitrogens is 4. The fraction of sp³-hybridized carbons (Fsp3) is 0.551. The fourth-order valence-corrected chi connectivity index (χ4v) is 33.8. The lowest BCUT2D eigenvalue weighted by molar-refractivity contribution is 0.0369. The van der Waals surface area contributed by atoms with Crippen LogP contribution >= 0.6 is 28.6 Å². The second-order valence-corrected chi connectivity index (χ2v) is 54.4. The van der Waals surface area contributed by atoms with Gasteiger partial charge in [0.25, 0.3) is 0 Å². The van der Waals surface area contributed by atoms with Gasteiger partial charge in [-0.15, -0.1) is 0 Å². The van der Waals surface area contributed by atoms with Gasteiger partial charge in [-0.25, -0.2) is 0 Å². The van der Waals surface area contributed by atoms with E-state index in [0.29, 0.717) is 120 Å². The van der Waals surface area contributed by atoms with Crippen molar-refractivity contribution in [2.45, 2.75) is 205 Å². The number of benzene rings is 4. The minimum Gasteiger partial charge on any atom is -0.495 e. The highest BCUT2D eigenvalue weighted by molar-refractivity contribution is 7.72. The van der Waals surface area contributed by atoms with Gasteiger partial charge in [0.1, 0.15) is 97.4 Å². The number of rotatable bonds is 27. The number of aryl methyl sites for hydroxylation is 4. The van der Waals surface area contributed by atoms with E-state index in [9.17, 15) is 18.3 Å². The number of methoxy groups -OCH3 is 4. The van der Waals surface area contributed by atoms with Crippen LogP contribution in [0.2, 0.25) is 0 Å². The first-order valence-corrected chi connectivity index (χ1v) is 61.6. The van der Waals surface area contributed by atoms with Crippen molar-refractivity contribution in [1.29, 1.82) is 0 Å². The van der Waals surface area contributed by atoms with Gasteiger partial charge in [0.15, 0.2) is 0 Å². The summed E-state index contributed by atoms with van der Waals surface area (Å²) >= 11 is 0. The quantitative estimate of drug-likeness (QED) is 0.0213. The molecule has 15 heterocycles. The van der Waals surface area contributed by atoms with Crippen molar-refractivity contribution >= 4 is 164 Å². The molecule has 11 fully saturated rings. The lowest BCUT2D eigenvalue weighted by Crippen LogP contribution is -2.45. The van der Waals surface area contributed by atoms with Crippen LogP contribution in [0.5, 0.6) is 23.0 Å². The molecule has 0 amide bonds. The Hall–Kier alpha value is -10.4. The number of hydrogen-bond donors (Lipinski definition) is 12. The molecule has 0 unspecified atom stereocenters. The Morgan fingerprint density at radius 2 is 0.527 bits per heavy atom. The molecule has 12 N–H and O–H groups in total. The summed E-state index contributed by atoms with van der Waals surface area (Å²) in [5.41, 5.74) is 10.7. The molecule has 0 atom stereocenters. The molecule has 0 spiro atoms. The molecule has 35 nitrogen and oxygen atoms in total. The van der Waals surface area contributed by atoms with E-state index in [1.54, 1.807) is 28.4 Å². The topological polar surface area (TPSA) is 408 Å². The third kappa shape index (κ3) is 23.4. The molecule has 4 aromatic carbocycles. The highest BCUT2D eigenvalue weighted by atomic mass is 31.2. The molecule has 7 saturated heterocycles. The molecular formula is C107H148N24O11P4.